The van der Waals surface area contributed by atoms with Crippen molar-refractivity contribution in [2.24, 2.45) is 0 Å². The van der Waals surface area contributed by atoms with Crippen molar-refractivity contribution in [3.8, 4) is 5.75 Å². The Hall–Kier alpha value is -1.07. The van der Waals surface area contributed by atoms with Crippen molar-refractivity contribution in [3.63, 3.8) is 0 Å². The Labute approximate surface area is 115 Å². The third-order valence-corrected chi connectivity index (χ3v) is 3.93. The molecule has 0 bridgehead atoms. The lowest BCUT2D eigenvalue weighted by Gasteiger charge is -2.10. The first-order valence-corrected chi connectivity index (χ1v) is 8.21. The quantitative estimate of drug-likeness (QED) is 0.588. The number of benzene rings is 1. The molecular formula is C14H22O4S. The molecule has 5 heteroatoms. The molecule has 0 heterocycles. The SMILES string of the molecule is CCC(C)c1ccc(OCCCCS(=O)(=O)O)cc1. The summed E-state index contributed by atoms with van der Waals surface area (Å²) in [6.45, 7) is 4.80. The third kappa shape index (κ3) is 6.59. The van der Waals surface area contributed by atoms with Crippen molar-refractivity contribution in [1.82, 2.24) is 0 Å². The molecule has 1 atom stereocenters. The standard InChI is InChI=1S/C14H22O4S/c1-3-12(2)13-6-8-14(9-7-13)18-10-4-5-11-19(15,16)17/h6-9,12H,3-5,10-11H2,1-2H3,(H,15,16,17). The molecule has 108 valence electrons. The fourth-order valence-electron chi connectivity index (χ4n) is 1.70. The predicted molar refractivity (Wildman–Crippen MR) is 76.3 cm³/mol. The van der Waals surface area contributed by atoms with E-state index in [4.69, 9.17) is 9.29 Å². The first kappa shape index (κ1) is 16.0. The molecule has 4 nitrogen and oxygen atoms in total. The van der Waals surface area contributed by atoms with Crippen LogP contribution in [0.15, 0.2) is 24.3 Å². The van der Waals surface area contributed by atoms with E-state index in [1.54, 1.807) is 0 Å². The molecule has 0 saturated carbocycles. The summed E-state index contributed by atoms with van der Waals surface area (Å²) < 4.78 is 35.1. The number of hydrogen-bond acceptors (Lipinski definition) is 3. The van der Waals surface area contributed by atoms with Gasteiger partial charge in [-0.15, -0.1) is 0 Å². The van der Waals surface area contributed by atoms with E-state index >= 15 is 0 Å². The van der Waals surface area contributed by atoms with Crippen LogP contribution < -0.4 is 4.74 Å². The van der Waals surface area contributed by atoms with Gasteiger partial charge in [-0.2, -0.15) is 8.42 Å². The minimum atomic E-state index is -3.84. The Morgan fingerprint density at radius 2 is 1.84 bits per heavy atom. The van der Waals surface area contributed by atoms with Gasteiger partial charge in [0.15, 0.2) is 0 Å². The van der Waals surface area contributed by atoms with Crippen molar-refractivity contribution >= 4 is 10.1 Å². The van der Waals surface area contributed by atoms with Gasteiger partial charge in [-0.05, 0) is 42.9 Å². The van der Waals surface area contributed by atoms with Crippen molar-refractivity contribution in [3.05, 3.63) is 29.8 Å². The van der Waals surface area contributed by atoms with Gasteiger partial charge in [0.2, 0.25) is 0 Å². The zero-order valence-corrected chi connectivity index (χ0v) is 12.3. The van der Waals surface area contributed by atoms with E-state index in [0.717, 1.165) is 12.2 Å². The van der Waals surface area contributed by atoms with Crippen LogP contribution in [0, 0.1) is 0 Å². The Morgan fingerprint density at radius 1 is 1.21 bits per heavy atom. The molecule has 1 unspecified atom stereocenters. The van der Waals surface area contributed by atoms with Crippen LogP contribution in [0.3, 0.4) is 0 Å². The highest BCUT2D eigenvalue weighted by molar-refractivity contribution is 7.85. The summed E-state index contributed by atoms with van der Waals surface area (Å²) in [5.41, 5.74) is 1.29. The normalized spacial score (nSPS) is 13.2. The maximum Gasteiger partial charge on any atom is 0.264 e. The average Bonchev–Trinajstić information content (AvgIpc) is 2.37. The van der Waals surface area contributed by atoms with Crippen molar-refractivity contribution < 1.29 is 17.7 Å². The van der Waals surface area contributed by atoms with Gasteiger partial charge < -0.3 is 4.74 Å². The van der Waals surface area contributed by atoms with E-state index in [1.165, 1.54) is 5.56 Å². The van der Waals surface area contributed by atoms with Crippen LogP contribution in [0.5, 0.6) is 5.75 Å². The second-order valence-corrected chi connectivity index (χ2v) is 6.29. The van der Waals surface area contributed by atoms with Gasteiger partial charge in [0.1, 0.15) is 5.75 Å². The zero-order valence-electron chi connectivity index (χ0n) is 11.5. The Morgan fingerprint density at radius 3 is 2.37 bits per heavy atom. The third-order valence-electron chi connectivity index (χ3n) is 3.13. The van der Waals surface area contributed by atoms with Crippen LogP contribution in [-0.4, -0.2) is 25.3 Å². The molecule has 0 aliphatic heterocycles. The molecule has 1 aromatic rings. The van der Waals surface area contributed by atoms with Gasteiger partial charge in [-0.1, -0.05) is 26.0 Å². The number of unbranched alkanes of at least 4 members (excludes halogenated alkanes) is 1. The van der Waals surface area contributed by atoms with E-state index in [0.29, 0.717) is 25.4 Å². The molecule has 0 saturated heterocycles. The number of hydrogen-bond donors (Lipinski definition) is 1. The van der Waals surface area contributed by atoms with E-state index in [1.807, 2.05) is 12.1 Å². The first-order valence-electron chi connectivity index (χ1n) is 6.60. The molecule has 1 rings (SSSR count). The molecule has 0 aromatic heterocycles. The maximum absolute atomic E-state index is 10.5. The molecule has 1 aromatic carbocycles. The zero-order chi connectivity index (χ0) is 14.3. The van der Waals surface area contributed by atoms with Gasteiger partial charge in [0.25, 0.3) is 10.1 Å². The molecule has 1 N–H and O–H groups in total. The minimum absolute atomic E-state index is 0.205. The monoisotopic (exact) mass is 286 g/mol. The lowest BCUT2D eigenvalue weighted by Crippen LogP contribution is -2.06. The largest absolute Gasteiger partial charge is 0.494 e. The highest BCUT2D eigenvalue weighted by atomic mass is 32.2. The van der Waals surface area contributed by atoms with E-state index in [-0.39, 0.29) is 5.75 Å². The molecular weight excluding hydrogens is 264 g/mol. The Kier molecular flexibility index (Phi) is 6.31. The molecule has 0 spiro atoms. The molecule has 0 fully saturated rings. The van der Waals surface area contributed by atoms with Crippen molar-refractivity contribution in [1.29, 1.82) is 0 Å². The molecule has 0 amide bonds. The lowest BCUT2D eigenvalue weighted by molar-refractivity contribution is 0.309. The Bertz CT molecular complexity index is 465. The van der Waals surface area contributed by atoms with Crippen LogP contribution in [0.2, 0.25) is 0 Å². The number of ether oxygens (including phenoxy) is 1. The first-order chi connectivity index (χ1) is 8.92. The number of rotatable bonds is 8. The predicted octanol–water partition coefficient (Wildman–Crippen LogP) is 3.25. The van der Waals surface area contributed by atoms with Crippen LogP contribution in [-0.2, 0) is 10.1 Å². The van der Waals surface area contributed by atoms with Crippen molar-refractivity contribution in [2.75, 3.05) is 12.4 Å². The molecule has 0 aliphatic carbocycles. The minimum Gasteiger partial charge on any atom is -0.494 e. The van der Waals surface area contributed by atoms with Gasteiger partial charge in [0, 0.05) is 0 Å². The van der Waals surface area contributed by atoms with Gasteiger partial charge in [0.05, 0.1) is 12.4 Å². The second kappa shape index (κ2) is 7.50. The highest BCUT2D eigenvalue weighted by Gasteiger charge is 2.04. The second-order valence-electron chi connectivity index (χ2n) is 4.72. The van der Waals surface area contributed by atoms with Gasteiger partial charge in [-0.25, -0.2) is 0 Å². The molecule has 0 aliphatic rings. The van der Waals surface area contributed by atoms with Crippen LogP contribution in [0.4, 0.5) is 0 Å². The summed E-state index contributed by atoms with van der Waals surface area (Å²) >= 11 is 0. The Balaban J connectivity index is 2.30. The fraction of sp³-hybridized carbons (Fsp3) is 0.571. The summed E-state index contributed by atoms with van der Waals surface area (Å²) in [4.78, 5) is 0. The fourth-order valence-corrected chi connectivity index (χ4v) is 2.27. The highest BCUT2D eigenvalue weighted by Crippen LogP contribution is 2.21. The van der Waals surface area contributed by atoms with E-state index in [2.05, 4.69) is 26.0 Å². The molecule has 0 radical (unpaired) electrons. The average molecular weight is 286 g/mol. The lowest BCUT2D eigenvalue weighted by atomic mass is 9.99. The van der Waals surface area contributed by atoms with Crippen LogP contribution in [0.25, 0.3) is 0 Å². The summed E-state index contributed by atoms with van der Waals surface area (Å²) in [5.74, 6) is 1.13. The summed E-state index contributed by atoms with van der Waals surface area (Å²) in [6, 6.07) is 7.98. The van der Waals surface area contributed by atoms with E-state index < -0.39 is 10.1 Å². The van der Waals surface area contributed by atoms with Gasteiger partial charge >= 0.3 is 0 Å². The maximum atomic E-state index is 10.5. The summed E-state index contributed by atoms with van der Waals surface area (Å²) in [5, 5.41) is 0. The topological polar surface area (TPSA) is 63.6 Å². The van der Waals surface area contributed by atoms with Gasteiger partial charge in [-0.3, -0.25) is 4.55 Å². The van der Waals surface area contributed by atoms with Crippen molar-refractivity contribution in [2.45, 2.75) is 39.0 Å². The summed E-state index contributed by atoms with van der Waals surface area (Å²) in [6.07, 6.45) is 2.12. The molecule has 19 heavy (non-hydrogen) atoms. The smallest absolute Gasteiger partial charge is 0.264 e. The van der Waals surface area contributed by atoms with Crippen LogP contribution in [0.1, 0.15) is 44.6 Å². The van der Waals surface area contributed by atoms with E-state index in [9.17, 15) is 8.42 Å². The van der Waals surface area contributed by atoms with Crippen LogP contribution >= 0.6 is 0 Å². The summed E-state index contributed by atoms with van der Waals surface area (Å²) in [7, 11) is -3.84.